The standard InChI is InChI=1S/C18H25NOS/c1-3-8-19-17(14-9-13(2)20-11-14)10-15-12-21-18-7-5-4-6-16(15)18/h4-7,12-14,17,19H,3,8-11H2,1-2H3. The van der Waals surface area contributed by atoms with Crippen LogP contribution >= 0.6 is 11.3 Å². The number of nitrogens with one attached hydrogen (secondary N) is 1. The highest BCUT2D eigenvalue weighted by Crippen LogP contribution is 2.30. The molecule has 2 heterocycles. The van der Waals surface area contributed by atoms with Crippen molar-refractivity contribution in [2.45, 2.75) is 45.3 Å². The zero-order chi connectivity index (χ0) is 14.7. The predicted octanol–water partition coefficient (Wildman–Crippen LogP) is 4.24. The quantitative estimate of drug-likeness (QED) is 0.862. The summed E-state index contributed by atoms with van der Waals surface area (Å²) in [5, 5.41) is 7.53. The van der Waals surface area contributed by atoms with Crippen molar-refractivity contribution in [1.82, 2.24) is 5.32 Å². The number of fused-ring (bicyclic) bond motifs is 1. The molecule has 1 saturated heterocycles. The molecule has 114 valence electrons. The summed E-state index contributed by atoms with van der Waals surface area (Å²) >= 11 is 1.86. The van der Waals surface area contributed by atoms with Gasteiger partial charge in [0.15, 0.2) is 0 Å². The van der Waals surface area contributed by atoms with Crippen LogP contribution in [0.15, 0.2) is 29.6 Å². The lowest BCUT2D eigenvalue weighted by atomic mass is 9.91. The summed E-state index contributed by atoms with van der Waals surface area (Å²) in [5.41, 5.74) is 1.49. The first-order chi connectivity index (χ1) is 10.3. The number of hydrogen-bond donors (Lipinski definition) is 1. The van der Waals surface area contributed by atoms with Crippen molar-refractivity contribution in [2.75, 3.05) is 13.2 Å². The van der Waals surface area contributed by atoms with E-state index in [1.165, 1.54) is 28.5 Å². The summed E-state index contributed by atoms with van der Waals surface area (Å²) < 4.78 is 7.20. The molecule has 1 aliphatic rings. The molecule has 2 aromatic rings. The van der Waals surface area contributed by atoms with Crippen molar-refractivity contribution in [1.29, 1.82) is 0 Å². The first-order valence-corrected chi connectivity index (χ1v) is 8.96. The molecule has 1 aromatic heterocycles. The van der Waals surface area contributed by atoms with Gasteiger partial charge in [0.25, 0.3) is 0 Å². The van der Waals surface area contributed by atoms with Crippen LogP contribution in [0, 0.1) is 5.92 Å². The Kier molecular flexibility index (Phi) is 4.94. The fourth-order valence-corrected chi connectivity index (χ4v) is 4.27. The van der Waals surface area contributed by atoms with Gasteiger partial charge in [0, 0.05) is 16.7 Å². The van der Waals surface area contributed by atoms with Crippen LogP contribution in [0.5, 0.6) is 0 Å². The Morgan fingerprint density at radius 2 is 2.24 bits per heavy atom. The van der Waals surface area contributed by atoms with Crippen molar-refractivity contribution >= 4 is 21.4 Å². The Hall–Kier alpha value is -0.900. The first kappa shape index (κ1) is 15.0. The molecule has 3 heteroatoms. The normalized spacial score (nSPS) is 23.7. The van der Waals surface area contributed by atoms with E-state index in [9.17, 15) is 0 Å². The third-order valence-corrected chi connectivity index (χ3v) is 5.47. The maximum Gasteiger partial charge on any atom is 0.0551 e. The highest BCUT2D eigenvalue weighted by molar-refractivity contribution is 7.17. The van der Waals surface area contributed by atoms with Gasteiger partial charge in [0.1, 0.15) is 0 Å². The SMILES string of the molecule is CCCNC(Cc1csc2ccccc12)C1COC(C)C1. The van der Waals surface area contributed by atoms with Crippen LogP contribution in [0.3, 0.4) is 0 Å². The summed E-state index contributed by atoms with van der Waals surface area (Å²) in [7, 11) is 0. The molecule has 3 unspecified atom stereocenters. The molecular formula is C18H25NOS. The summed E-state index contributed by atoms with van der Waals surface area (Å²) in [5.74, 6) is 0.644. The molecule has 0 bridgehead atoms. The maximum atomic E-state index is 5.80. The van der Waals surface area contributed by atoms with E-state index in [1.54, 1.807) is 0 Å². The van der Waals surface area contributed by atoms with E-state index in [2.05, 4.69) is 48.8 Å². The monoisotopic (exact) mass is 303 g/mol. The number of benzene rings is 1. The van der Waals surface area contributed by atoms with Crippen LogP contribution in [-0.2, 0) is 11.2 Å². The van der Waals surface area contributed by atoms with Crippen molar-refractivity contribution in [3.05, 3.63) is 35.2 Å². The highest BCUT2D eigenvalue weighted by Gasteiger charge is 2.29. The largest absolute Gasteiger partial charge is 0.378 e. The van der Waals surface area contributed by atoms with Crippen LogP contribution in [-0.4, -0.2) is 25.3 Å². The predicted molar refractivity (Wildman–Crippen MR) is 91.1 cm³/mol. The molecule has 0 radical (unpaired) electrons. The molecule has 3 rings (SSSR count). The minimum absolute atomic E-state index is 0.417. The van der Waals surface area contributed by atoms with Gasteiger partial charge in [-0.25, -0.2) is 0 Å². The first-order valence-electron chi connectivity index (χ1n) is 8.08. The van der Waals surface area contributed by atoms with Crippen molar-refractivity contribution in [3.8, 4) is 0 Å². The number of thiophene rings is 1. The molecule has 0 aliphatic carbocycles. The minimum Gasteiger partial charge on any atom is -0.378 e. The molecule has 1 N–H and O–H groups in total. The van der Waals surface area contributed by atoms with E-state index in [0.29, 0.717) is 18.1 Å². The summed E-state index contributed by atoms with van der Waals surface area (Å²) in [6.07, 6.45) is 3.90. The fraction of sp³-hybridized carbons (Fsp3) is 0.556. The van der Waals surface area contributed by atoms with E-state index >= 15 is 0 Å². The topological polar surface area (TPSA) is 21.3 Å². The third kappa shape index (κ3) is 3.47. The average Bonchev–Trinajstić information content (AvgIpc) is 3.10. The van der Waals surface area contributed by atoms with E-state index in [-0.39, 0.29) is 0 Å². The van der Waals surface area contributed by atoms with Crippen molar-refractivity contribution < 1.29 is 4.74 Å². The van der Waals surface area contributed by atoms with Crippen LogP contribution in [0.4, 0.5) is 0 Å². The number of hydrogen-bond acceptors (Lipinski definition) is 3. The molecule has 0 saturated carbocycles. The van der Waals surface area contributed by atoms with E-state index in [4.69, 9.17) is 4.74 Å². The second kappa shape index (κ2) is 6.91. The zero-order valence-electron chi connectivity index (χ0n) is 13.0. The minimum atomic E-state index is 0.417. The van der Waals surface area contributed by atoms with Gasteiger partial charge in [0.05, 0.1) is 12.7 Å². The summed E-state index contributed by atoms with van der Waals surface area (Å²) in [6.45, 7) is 6.43. The average molecular weight is 303 g/mol. The Morgan fingerprint density at radius 1 is 1.38 bits per heavy atom. The molecule has 21 heavy (non-hydrogen) atoms. The molecule has 0 amide bonds. The Labute approximate surface area is 131 Å². The molecular weight excluding hydrogens is 278 g/mol. The molecule has 1 fully saturated rings. The smallest absolute Gasteiger partial charge is 0.0551 e. The highest BCUT2D eigenvalue weighted by atomic mass is 32.1. The van der Waals surface area contributed by atoms with Gasteiger partial charge in [-0.1, -0.05) is 25.1 Å². The van der Waals surface area contributed by atoms with Crippen LogP contribution in [0.25, 0.3) is 10.1 Å². The van der Waals surface area contributed by atoms with E-state index in [0.717, 1.165) is 19.6 Å². The van der Waals surface area contributed by atoms with Gasteiger partial charge in [0.2, 0.25) is 0 Å². The Bertz CT molecular complexity index is 579. The second-order valence-electron chi connectivity index (χ2n) is 6.16. The third-order valence-electron chi connectivity index (χ3n) is 4.46. The molecule has 0 spiro atoms. The fourth-order valence-electron chi connectivity index (χ4n) is 3.29. The number of ether oxygens (including phenoxy) is 1. The zero-order valence-corrected chi connectivity index (χ0v) is 13.8. The van der Waals surface area contributed by atoms with Crippen molar-refractivity contribution in [3.63, 3.8) is 0 Å². The summed E-state index contributed by atoms with van der Waals surface area (Å²) in [6, 6.07) is 9.29. The maximum absolute atomic E-state index is 5.80. The van der Waals surface area contributed by atoms with E-state index < -0.39 is 0 Å². The van der Waals surface area contributed by atoms with Crippen molar-refractivity contribution in [2.24, 2.45) is 5.92 Å². The van der Waals surface area contributed by atoms with Crippen LogP contribution < -0.4 is 5.32 Å². The van der Waals surface area contributed by atoms with Gasteiger partial charge >= 0.3 is 0 Å². The van der Waals surface area contributed by atoms with Gasteiger partial charge in [-0.3, -0.25) is 0 Å². The lowest BCUT2D eigenvalue weighted by Gasteiger charge is -2.24. The van der Waals surface area contributed by atoms with Crippen LogP contribution in [0.1, 0.15) is 32.3 Å². The molecule has 1 aliphatic heterocycles. The Morgan fingerprint density at radius 3 is 3.00 bits per heavy atom. The van der Waals surface area contributed by atoms with Gasteiger partial charge < -0.3 is 10.1 Å². The Balaban J connectivity index is 1.77. The van der Waals surface area contributed by atoms with Crippen LogP contribution in [0.2, 0.25) is 0 Å². The van der Waals surface area contributed by atoms with E-state index in [1.807, 2.05) is 11.3 Å². The summed E-state index contributed by atoms with van der Waals surface area (Å²) in [4.78, 5) is 0. The lowest BCUT2D eigenvalue weighted by Crippen LogP contribution is -2.39. The molecule has 3 atom stereocenters. The van der Waals surface area contributed by atoms with Gasteiger partial charge in [-0.15, -0.1) is 11.3 Å². The number of rotatable bonds is 6. The second-order valence-corrected chi connectivity index (χ2v) is 7.07. The molecule has 2 nitrogen and oxygen atoms in total. The lowest BCUT2D eigenvalue weighted by molar-refractivity contribution is 0.117. The van der Waals surface area contributed by atoms with Gasteiger partial charge in [-0.2, -0.15) is 0 Å². The van der Waals surface area contributed by atoms with Gasteiger partial charge in [-0.05, 0) is 55.1 Å². The molecule has 1 aromatic carbocycles.